The Labute approximate surface area is 140 Å². The monoisotopic (exact) mass is 382 g/mol. The molecular weight excluding hydrogens is 372 g/mol. The van der Waals surface area contributed by atoms with Crippen LogP contribution in [0.25, 0.3) is 0 Å². The van der Waals surface area contributed by atoms with Crippen molar-refractivity contribution in [1.82, 2.24) is 5.43 Å². The SMILES string of the molecule is O=C(COc1ccc(Cl)cc1Br)N/N=C/c1ccccc1O. The largest absolute Gasteiger partial charge is 0.507 e. The van der Waals surface area contributed by atoms with E-state index >= 15 is 0 Å². The van der Waals surface area contributed by atoms with E-state index in [1.165, 1.54) is 12.3 Å². The highest BCUT2D eigenvalue weighted by Crippen LogP contribution is 2.27. The number of phenolic OH excluding ortho intramolecular Hbond substituents is 1. The van der Waals surface area contributed by atoms with Crippen LogP contribution in [0.2, 0.25) is 5.02 Å². The molecule has 2 aromatic carbocycles. The number of carbonyl (C=O) groups is 1. The second-order valence-electron chi connectivity index (χ2n) is 4.22. The molecule has 0 aliphatic heterocycles. The summed E-state index contributed by atoms with van der Waals surface area (Å²) in [5.74, 6) is 0.166. The number of nitrogens with one attached hydrogen (secondary N) is 1. The molecule has 0 aliphatic carbocycles. The fraction of sp³-hybridized carbons (Fsp3) is 0.0667. The third-order valence-electron chi connectivity index (χ3n) is 2.58. The molecule has 114 valence electrons. The molecule has 1 amide bonds. The minimum Gasteiger partial charge on any atom is -0.507 e. The number of rotatable bonds is 5. The van der Waals surface area contributed by atoms with E-state index in [1.807, 2.05) is 0 Å². The summed E-state index contributed by atoms with van der Waals surface area (Å²) in [5, 5.41) is 13.9. The molecule has 0 radical (unpaired) electrons. The number of hydrogen-bond donors (Lipinski definition) is 2. The van der Waals surface area contributed by atoms with Crippen molar-refractivity contribution in [3.8, 4) is 11.5 Å². The standard InChI is InChI=1S/C15H12BrClN2O3/c16-12-7-11(17)5-6-14(12)22-9-15(21)19-18-8-10-3-1-2-4-13(10)20/h1-8,20H,9H2,(H,19,21)/b18-8+. The maximum atomic E-state index is 11.6. The number of hydrogen-bond acceptors (Lipinski definition) is 4. The van der Waals surface area contributed by atoms with Gasteiger partial charge in [0.1, 0.15) is 11.5 Å². The molecule has 0 aromatic heterocycles. The number of benzene rings is 2. The van der Waals surface area contributed by atoms with Crippen molar-refractivity contribution in [2.24, 2.45) is 5.10 Å². The molecule has 22 heavy (non-hydrogen) atoms. The van der Waals surface area contributed by atoms with E-state index in [4.69, 9.17) is 16.3 Å². The molecule has 0 atom stereocenters. The maximum absolute atomic E-state index is 11.6. The van der Waals surface area contributed by atoms with Gasteiger partial charge in [-0.25, -0.2) is 5.43 Å². The molecule has 5 nitrogen and oxygen atoms in total. The smallest absolute Gasteiger partial charge is 0.277 e. The number of ether oxygens (including phenoxy) is 1. The van der Waals surface area contributed by atoms with Crippen molar-refractivity contribution in [2.45, 2.75) is 0 Å². The molecule has 0 bridgehead atoms. The first kappa shape index (κ1) is 16.3. The molecule has 0 saturated carbocycles. The van der Waals surface area contributed by atoms with Crippen LogP contribution >= 0.6 is 27.5 Å². The highest BCUT2D eigenvalue weighted by atomic mass is 79.9. The predicted molar refractivity (Wildman–Crippen MR) is 88.5 cm³/mol. The van der Waals surface area contributed by atoms with Crippen molar-refractivity contribution in [2.75, 3.05) is 6.61 Å². The summed E-state index contributed by atoms with van der Waals surface area (Å²) in [6.07, 6.45) is 1.35. The second-order valence-corrected chi connectivity index (χ2v) is 5.51. The third-order valence-corrected chi connectivity index (χ3v) is 3.44. The lowest BCUT2D eigenvalue weighted by molar-refractivity contribution is -0.123. The zero-order valence-corrected chi connectivity index (χ0v) is 13.6. The first-order chi connectivity index (χ1) is 10.6. The van der Waals surface area contributed by atoms with E-state index in [-0.39, 0.29) is 12.4 Å². The number of aromatic hydroxyl groups is 1. The maximum Gasteiger partial charge on any atom is 0.277 e. The van der Waals surface area contributed by atoms with Gasteiger partial charge in [-0.2, -0.15) is 5.10 Å². The summed E-state index contributed by atoms with van der Waals surface area (Å²) in [7, 11) is 0. The molecule has 2 N–H and O–H groups in total. The van der Waals surface area contributed by atoms with Crippen LogP contribution in [0.5, 0.6) is 11.5 Å². The summed E-state index contributed by atoms with van der Waals surface area (Å²) in [6, 6.07) is 11.6. The van der Waals surface area contributed by atoms with E-state index in [0.29, 0.717) is 20.8 Å². The molecule has 0 fully saturated rings. The van der Waals surface area contributed by atoms with E-state index in [9.17, 15) is 9.90 Å². The Morgan fingerprint density at radius 3 is 2.86 bits per heavy atom. The molecule has 0 heterocycles. The Kier molecular flexibility index (Phi) is 5.80. The first-order valence-corrected chi connectivity index (χ1v) is 7.41. The molecule has 2 rings (SSSR count). The molecule has 0 unspecified atom stereocenters. The molecule has 2 aromatic rings. The van der Waals surface area contributed by atoms with Gasteiger partial charge in [0.2, 0.25) is 0 Å². The van der Waals surface area contributed by atoms with Crippen molar-refractivity contribution < 1.29 is 14.6 Å². The lowest BCUT2D eigenvalue weighted by Crippen LogP contribution is -2.24. The Hall–Kier alpha value is -2.05. The number of nitrogens with zero attached hydrogens (tertiary/aromatic N) is 1. The fourth-order valence-electron chi connectivity index (χ4n) is 1.54. The topological polar surface area (TPSA) is 70.9 Å². The van der Waals surface area contributed by atoms with Crippen molar-refractivity contribution in [3.05, 3.63) is 57.5 Å². The van der Waals surface area contributed by atoms with Gasteiger partial charge >= 0.3 is 0 Å². The second kappa shape index (κ2) is 7.82. The number of phenols is 1. The van der Waals surface area contributed by atoms with Gasteiger partial charge in [-0.1, -0.05) is 23.7 Å². The average molecular weight is 384 g/mol. The highest BCUT2D eigenvalue weighted by molar-refractivity contribution is 9.10. The lowest BCUT2D eigenvalue weighted by Gasteiger charge is -2.07. The van der Waals surface area contributed by atoms with Crippen LogP contribution in [0, 0.1) is 0 Å². The minimum atomic E-state index is -0.423. The van der Waals surface area contributed by atoms with Crippen LogP contribution in [0.4, 0.5) is 0 Å². The average Bonchev–Trinajstić information content (AvgIpc) is 2.48. The van der Waals surface area contributed by atoms with Gasteiger partial charge in [-0.15, -0.1) is 0 Å². The van der Waals surface area contributed by atoms with Crippen LogP contribution in [0.15, 0.2) is 52.0 Å². The molecule has 0 aliphatic rings. The molecule has 0 saturated heterocycles. The number of amides is 1. The minimum absolute atomic E-state index is 0.0850. The molecule has 7 heteroatoms. The van der Waals surface area contributed by atoms with E-state index < -0.39 is 5.91 Å². The van der Waals surface area contributed by atoms with Gasteiger partial charge in [0, 0.05) is 10.6 Å². The van der Waals surface area contributed by atoms with Crippen LogP contribution in [0.3, 0.4) is 0 Å². The lowest BCUT2D eigenvalue weighted by atomic mass is 10.2. The summed E-state index contributed by atoms with van der Waals surface area (Å²) < 4.78 is 6.00. The quantitative estimate of drug-likeness (QED) is 0.614. The Balaban J connectivity index is 1.84. The summed E-state index contributed by atoms with van der Waals surface area (Å²) in [5.41, 5.74) is 2.82. The van der Waals surface area contributed by atoms with E-state index in [0.717, 1.165) is 0 Å². The predicted octanol–water partition coefficient (Wildman–Crippen LogP) is 3.34. The fourth-order valence-corrected chi connectivity index (χ4v) is 2.34. The van der Waals surface area contributed by atoms with Gasteiger partial charge in [0.05, 0.1) is 10.7 Å². The van der Waals surface area contributed by atoms with Gasteiger partial charge in [-0.3, -0.25) is 4.79 Å². The van der Waals surface area contributed by atoms with Gasteiger partial charge < -0.3 is 9.84 Å². The zero-order chi connectivity index (χ0) is 15.9. The third kappa shape index (κ3) is 4.75. The summed E-state index contributed by atoms with van der Waals surface area (Å²) in [6.45, 7) is -0.196. The van der Waals surface area contributed by atoms with Crippen molar-refractivity contribution in [3.63, 3.8) is 0 Å². The van der Waals surface area contributed by atoms with Gasteiger partial charge in [0.25, 0.3) is 5.91 Å². The number of halogens is 2. The van der Waals surface area contributed by atoms with E-state index in [1.54, 1.807) is 36.4 Å². The Morgan fingerprint density at radius 1 is 1.36 bits per heavy atom. The summed E-state index contributed by atoms with van der Waals surface area (Å²) >= 11 is 9.10. The highest BCUT2D eigenvalue weighted by Gasteiger charge is 2.05. The van der Waals surface area contributed by atoms with Crippen LogP contribution in [-0.2, 0) is 4.79 Å². The van der Waals surface area contributed by atoms with E-state index in [2.05, 4.69) is 26.5 Å². The van der Waals surface area contributed by atoms with Crippen molar-refractivity contribution >= 4 is 39.7 Å². The Morgan fingerprint density at radius 2 is 2.14 bits per heavy atom. The molecule has 0 spiro atoms. The van der Waals surface area contributed by atoms with Crippen molar-refractivity contribution in [1.29, 1.82) is 0 Å². The summed E-state index contributed by atoms with van der Waals surface area (Å²) in [4.78, 5) is 11.6. The Bertz CT molecular complexity index is 707. The van der Waals surface area contributed by atoms with Crippen LogP contribution in [0.1, 0.15) is 5.56 Å². The normalized spacial score (nSPS) is 10.6. The zero-order valence-electron chi connectivity index (χ0n) is 11.3. The van der Waals surface area contributed by atoms with Crippen LogP contribution in [-0.4, -0.2) is 23.8 Å². The van der Waals surface area contributed by atoms with Crippen LogP contribution < -0.4 is 10.2 Å². The first-order valence-electron chi connectivity index (χ1n) is 6.24. The van der Waals surface area contributed by atoms with Gasteiger partial charge in [0.15, 0.2) is 6.61 Å². The van der Waals surface area contributed by atoms with Gasteiger partial charge in [-0.05, 0) is 46.3 Å². The molecular formula is C15H12BrClN2O3. The number of para-hydroxylation sites is 1. The number of hydrazone groups is 1. The number of carbonyl (C=O) groups excluding carboxylic acids is 1.